The molecule has 0 amide bonds. The number of rotatable bonds is 2. The second-order valence-corrected chi connectivity index (χ2v) is 5.76. The topological polar surface area (TPSA) is 29.5 Å². The molecule has 2 fully saturated rings. The molecule has 1 heterocycles. The minimum Gasteiger partial charge on any atom is -0.389 e. The van der Waals surface area contributed by atoms with Crippen molar-refractivity contribution in [1.29, 1.82) is 0 Å². The Morgan fingerprint density at radius 3 is 2.67 bits per heavy atom. The van der Waals surface area contributed by atoms with Gasteiger partial charge in [0.05, 0.1) is 12.2 Å². The van der Waals surface area contributed by atoms with Gasteiger partial charge >= 0.3 is 0 Å². The molecule has 1 aromatic carbocycles. The molecule has 2 aliphatic rings. The SMILES string of the molecule is OC1(C2CCOC2)CCCCC1c1ccccc1. The van der Waals surface area contributed by atoms with Gasteiger partial charge in [-0.1, -0.05) is 43.2 Å². The zero-order valence-corrected chi connectivity index (χ0v) is 10.8. The van der Waals surface area contributed by atoms with Crippen molar-refractivity contribution >= 4 is 0 Å². The summed E-state index contributed by atoms with van der Waals surface area (Å²) in [5.41, 5.74) is 0.752. The smallest absolute Gasteiger partial charge is 0.0766 e. The highest BCUT2D eigenvalue weighted by atomic mass is 16.5. The Bertz CT molecular complexity index is 383. The summed E-state index contributed by atoms with van der Waals surface area (Å²) in [5.74, 6) is 0.613. The van der Waals surface area contributed by atoms with Crippen LogP contribution < -0.4 is 0 Å². The van der Waals surface area contributed by atoms with Gasteiger partial charge in [0.1, 0.15) is 0 Å². The van der Waals surface area contributed by atoms with Crippen molar-refractivity contribution in [3.63, 3.8) is 0 Å². The summed E-state index contributed by atoms with van der Waals surface area (Å²) in [7, 11) is 0. The molecule has 3 atom stereocenters. The van der Waals surface area contributed by atoms with Crippen molar-refractivity contribution in [2.45, 2.75) is 43.6 Å². The van der Waals surface area contributed by atoms with Crippen LogP contribution >= 0.6 is 0 Å². The number of aliphatic hydroxyl groups is 1. The third-order valence-electron chi connectivity index (χ3n) is 4.76. The Labute approximate surface area is 109 Å². The van der Waals surface area contributed by atoms with Crippen LogP contribution in [-0.4, -0.2) is 23.9 Å². The minimum atomic E-state index is -0.546. The second kappa shape index (κ2) is 5.02. The van der Waals surface area contributed by atoms with E-state index in [0.29, 0.717) is 11.8 Å². The third kappa shape index (κ3) is 2.08. The summed E-state index contributed by atoms with van der Waals surface area (Å²) in [6.45, 7) is 1.55. The van der Waals surface area contributed by atoms with Crippen LogP contribution in [0.4, 0.5) is 0 Å². The molecular weight excluding hydrogens is 224 g/mol. The maximum Gasteiger partial charge on any atom is 0.0766 e. The van der Waals surface area contributed by atoms with Gasteiger partial charge in [-0.2, -0.15) is 0 Å². The van der Waals surface area contributed by atoms with E-state index in [4.69, 9.17) is 4.74 Å². The zero-order valence-electron chi connectivity index (χ0n) is 10.8. The highest BCUT2D eigenvalue weighted by Crippen LogP contribution is 2.47. The third-order valence-corrected chi connectivity index (χ3v) is 4.76. The fraction of sp³-hybridized carbons (Fsp3) is 0.625. The van der Waals surface area contributed by atoms with E-state index in [1.165, 1.54) is 12.0 Å². The Hall–Kier alpha value is -0.860. The second-order valence-electron chi connectivity index (χ2n) is 5.76. The predicted octanol–water partition coefficient (Wildman–Crippen LogP) is 3.11. The monoisotopic (exact) mass is 246 g/mol. The van der Waals surface area contributed by atoms with Crippen LogP contribution in [0.1, 0.15) is 43.6 Å². The van der Waals surface area contributed by atoms with Crippen LogP contribution in [0, 0.1) is 5.92 Å². The predicted molar refractivity (Wildman–Crippen MR) is 71.5 cm³/mol. The number of ether oxygens (including phenoxy) is 1. The summed E-state index contributed by atoms with van der Waals surface area (Å²) >= 11 is 0. The molecule has 3 unspecified atom stereocenters. The Kier molecular flexibility index (Phi) is 3.40. The summed E-state index contributed by atoms with van der Waals surface area (Å²) in [5, 5.41) is 11.2. The first kappa shape index (κ1) is 12.2. The molecule has 98 valence electrons. The first-order valence-corrected chi connectivity index (χ1v) is 7.16. The molecule has 18 heavy (non-hydrogen) atoms. The number of hydrogen-bond donors (Lipinski definition) is 1. The van der Waals surface area contributed by atoms with E-state index in [-0.39, 0.29) is 0 Å². The van der Waals surface area contributed by atoms with Gasteiger partial charge in [-0.3, -0.25) is 0 Å². The van der Waals surface area contributed by atoms with Crippen LogP contribution in [0.25, 0.3) is 0 Å². The quantitative estimate of drug-likeness (QED) is 0.869. The van der Waals surface area contributed by atoms with E-state index < -0.39 is 5.60 Å². The van der Waals surface area contributed by atoms with Crippen molar-refractivity contribution in [3.05, 3.63) is 35.9 Å². The largest absolute Gasteiger partial charge is 0.389 e. The molecule has 1 aliphatic heterocycles. The lowest BCUT2D eigenvalue weighted by atomic mass is 9.66. The first-order valence-electron chi connectivity index (χ1n) is 7.16. The van der Waals surface area contributed by atoms with E-state index in [0.717, 1.165) is 38.9 Å². The van der Waals surface area contributed by atoms with Crippen molar-refractivity contribution in [2.24, 2.45) is 5.92 Å². The summed E-state index contributed by atoms with van der Waals surface area (Å²) in [6, 6.07) is 10.5. The van der Waals surface area contributed by atoms with Gasteiger partial charge in [-0.15, -0.1) is 0 Å². The lowest BCUT2D eigenvalue weighted by Crippen LogP contribution is -2.46. The molecule has 2 nitrogen and oxygen atoms in total. The lowest BCUT2D eigenvalue weighted by Gasteiger charge is -2.44. The Balaban J connectivity index is 1.89. The van der Waals surface area contributed by atoms with Gasteiger partial charge in [0.2, 0.25) is 0 Å². The van der Waals surface area contributed by atoms with Crippen LogP contribution in [0.2, 0.25) is 0 Å². The Morgan fingerprint density at radius 1 is 1.11 bits per heavy atom. The highest BCUT2D eigenvalue weighted by molar-refractivity contribution is 5.24. The Morgan fingerprint density at radius 2 is 1.94 bits per heavy atom. The van der Waals surface area contributed by atoms with Crippen LogP contribution in [0.5, 0.6) is 0 Å². The number of benzene rings is 1. The molecule has 0 radical (unpaired) electrons. The van der Waals surface area contributed by atoms with E-state index in [1.54, 1.807) is 0 Å². The normalized spacial score (nSPS) is 36.7. The van der Waals surface area contributed by atoms with Crippen molar-refractivity contribution in [3.8, 4) is 0 Å². The average molecular weight is 246 g/mol. The van der Waals surface area contributed by atoms with Crippen molar-refractivity contribution in [2.75, 3.05) is 13.2 Å². The van der Waals surface area contributed by atoms with Gasteiger partial charge in [-0.25, -0.2) is 0 Å². The molecule has 1 saturated carbocycles. The fourth-order valence-corrected chi connectivity index (χ4v) is 3.74. The maximum absolute atomic E-state index is 11.2. The van der Waals surface area contributed by atoms with Gasteiger partial charge in [-0.05, 0) is 24.8 Å². The molecule has 2 heteroatoms. The average Bonchev–Trinajstić information content (AvgIpc) is 2.95. The van der Waals surface area contributed by atoms with Crippen LogP contribution in [0.3, 0.4) is 0 Å². The molecule has 3 rings (SSSR count). The van der Waals surface area contributed by atoms with Crippen molar-refractivity contribution < 1.29 is 9.84 Å². The molecule has 1 saturated heterocycles. The molecule has 1 aliphatic carbocycles. The van der Waals surface area contributed by atoms with Crippen molar-refractivity contribution in [1.82, 2.24) is 0 Å². The van der Waals surface area contributed by atoms with Crippen LogP contribution in [0.15, 0.2) is 30.3 Å². The minimum absolute atomic E-state index is 0.291. The molecule has 1 N–H and O–H groups in total. The van der Waals surface area contributed by atoms with Crippen LogP contribution in [-0.2, 0) is 4.74 Å². The molecule has 1 aromatic rings. The van der Waals surface area contributed by atoms with Gasteiger partial charge < -0.3 is 9.84 Å². The van der Waals surface area contributed by atoms with E-state index in [9.17, 15) is 5.11 Å². The molecular formula is C16H22O2. The summed E-state index contributed by atoms with van der Waals surface area (Å²) in [6.07, 6.45) is 5.43. The standard InChI is InChI=1S/C16H22O2/c17-16(14-9-11-18-12-14)10-5-4-8-15(16)13-6-2-1-3-7-13/h1-3,6-7,14-15,17H,4-5,8-12H2. The van der Waals surface area contributed by atoms with E-state index in [1.807, 2.05) is 6.07 Å². The van der Waals surface area contributed by atoms with Gasteiger partial charge in [0.15, 0.2) is 0 Å². The lowest BCUT2D eigenvalue weighted by molar-refractivity contribution is -0.0687. The molecule has 0 bridgehead atoms. The summed E-state index contributed by atoms with van der Waals surface area (Å²) in [4.78, 5) is 0. The zero-order chi connectivity index (χ0) is 12.4. The maximum atomic E-state index is 11.2. The molecule has 0 spiro atoms. The van der Waals surface area contributed by atoms with Gasteiger partial charge in [0, 0.05) is 18.4 Å². The van der Waals surface area contributed by atoms with E-state index in [2.05, 4.69) is 24.3 Å². The number of hydrogen-bond acceptors (Lipinski definition) is 2. The van der Waals surface area contributed by atoms with E-state index >= 15 is 0 Å². The van der Waals surface area contributed by atoms with Gasteiger partial charge in [0.25, 0.3) is 0 Å². The summed E-state index contributed by atoms with van der Waals surface area (Å²) < 4.78 is 5.50. The first-order chi connectivity index (χ1) is 8.81. The molecule has 0 aromatic heterocycles. The highest BCUT2D eigenvalue weighted by Gasteiger charge is 2.46. The fourth-order valence-electron chi connectivity index (χ4n) is 3.74.